The fourth-order valence-electron chi connectivity index (χ4n) is 2.32. The normalized spacial score (nSPS) is 19.9. The molecule has 0 aromatic heterocycles. The van der Waals surface area contributed by atoms with E-state index >= 15 is 0 Å². The molecule has 0 radical (unpaired) electrons. The Morgan fingerprint density at radius 3 is 2.48 bits per heavy atom. The van der Waals surface area contributed by atoms with Crippen LogP contribution < -0.4 is 10.6 Å². The number of alkyl halides is 6. The Balaban J connectivity index is 2.47. The lowest BCUT2D eigenvalue weighted by atomic mass is 9.98. The van der Waals surface area contributed by atoms with E-state index in [-0.39, 0.29) is 19.0 Å². The summed E-state index contributed by atoms with van der Waals surface area (Å²) in [5.74, 6) is -0.520. The van der Waals surface area contributed by atoms with Crippen molar-refractivity contribution in [3.05, 3.63) is 29.8 Å². The number of ether oxygens (including phenoxy) is 1. The number of hydrogen-bond acceptors (Lipinski definition) is 6. The molecule has 1 unspecified atom stereocenters. The third kappa shape index (κ3) is 5.25. The number of aliphatic imine (C=N–C) groups is 2. The lowest BCUT2D eigenvalue weighted by Gasteiger charge is -2.41. The molecule has 0 saturated heterocycles. The van der Waals surface area contributed by atoms with Crippen molar-refractivity contribution in [3.8, 4) is 0 Å². The molecule has 0 amide bonds. The van der Waals surface area contributed by atoms with E-state index in [0.29, 0.717) is 11.3 Å². The summed E-state index contributed by atoms with van der Waals surface area (Å²) in [6.07, 6.45) is 1.14. The van der Waals surface area contributed by atoms with Crippen molar-refractivity contribution < 1.29 is 9.53 Å². The molecule has 1 aromatic carbocycles. The summed E-state index contributed by atoms with van der Waals surface area (Å²) in [5.41, 5.74) is -0.809. The summed E-state index contributed by atoms with van der Waals surface area (Å²) in [6, 6.07) is 6.78. The Bertz CT molecular complexity index is 759. The van der Waals surface area contributed by atoms with E-state index in [1.165, 1.54) is 0 Å². The molecule has 1 aliphatic heterocycles. The molecule has 148 valence electrons. The van der Waals surface area contributed by atoms with Gasteiger partial charge in [-0.1, -0.05) is 87.8 Å². The smallest absolute Gasteiger partial charge is 0.325 e. The molecule has 0 spiro atoms. The lowest BCUT2D eigenvalue weighted by molar-refractivity contribution is -0.140. The van der Waals surface area contributed by atoms with Crippen LogP contribution in [0, 0.1) is 0 Å². The Hall–Kier alpha value is -0.630. The molecular weight excluding hydrogens is 481 g/mol. The second-order valence-electron chi connectivity index (χ2n) is 5.26. The van der Waals surface area contributed by atoms with Crippen molar-refractivity contribution in [1.82, 2.24) is 5.32 Å². The van der Waals surface area contributed by atoms with Gasteiger partial charge in [0, 0.05) is 11.3 Å². The molecular formula is C15H14Cl6N4O2. The molecule has 1 aromatic rings. The van der Waals surface area contributed by atoms with Crippen LogP contribution in [0.4, 0.5) is 5.69 Å². The molecule has 1 atom stereocenters. The van der Waals surface area contributed by atoms with Crippen molar-refractivity contribution >= 4 is 93.4 Å². The summed E-state index contributed by atoms with van der Waals surface area (Å²) < 4.78 is 0.993. The summed E-state index contributed by atoms with van der Waals surface area (Å²) in [4.78, 5) is 19.8. The van der Waals surface area contributed by atoms with Crippen LogP contribution in [0.15, 0.2) is 34.3 Å². The predicted octanol–water partition coefficient (Wildman–Crippen LogP) is 4.58. The number of benzene rings is 1. The third-order valence-electron chi connectivity index (χ3n) is 3.46. The summed E-state index contributed by atoms with van der Waals surface area (Å²) in [7, 11) is 0. The molecule has 6 nitrogen and oxygen atoms in total. The maximum Gasteiger partial charge on any atom is 0.325 e. The summed E-state index contributed by atoms with van der Waals surface area (Å²) in [5, 5.41) is 5.76. The van der Waals surface area contributed by atoms with Crippen LogP contribution in [0.25, 0.3) is 0 Å². The van der Waals surface area contributed by atoms with Crippen LogP contribution in [0.2, 0.25) is 0 Å². The van der Waals surface area contributed by atoms with E-state index < -0.39 is 19.2 Å². The molecule has 27 heavy (non-hydrogen) atoms. The molecule has 2 N–H and O–H groups in total. The highest BCUT2D eigenvalue weighted by Gasteiger charge is 2.54. The maximum absolute atomic E-state index is 11.7. The zero-order valence-electron chi connectivity index (χ0n) is 13.8. The second-order valence-corrected chi connectivity index (χ2v) is 9.82. The Kier molecular flexibility index (Phi) is 7.39. The molecule has 1 heterocycles. The number of amidine groups is 1. The molecule has 0 saturated carbocycles. The van der Waals surface area contributed by atoms with E-state index in [0.717, 1.165) is 6.34 Å². The van der Waals surface area contributed by atoms with Crippen molar-refractivity contribution in [2.75, 3.05) is 18.5 Å². The molecule has 0 fully saturated rings. The van der Waals surface area contributed by atoms with Gasteiger partial charge >= 0.3 is 5.97 Å². The largest absolute Gasteiger partial charge is 0.465 e. The molecule has 0 bridgehead atoms. The third-order valence-corrected chi connectivity index (χ3v) is 4.82. The molecule has 12 heteroatoms. The van der Waals surface area contributed by atoms with Crippen LogP contribution in [0.5, 0.6) is 0 Å². The second kappa shape index (κ2) is 8.80. The van der Waals surface area contributed by atoms with E-state index in [1.54, 1.807) is 31.2 Å². The van der Waals surface area contributed by atoms with Crippen LogP contribution in [0.3, 0.4) is 0 Å². The molecule has 2 rings (SSSR count). The minimum atomic E-state index is -2.01. The average molecular weight is 495 g/mol. The predicted molar refractivity (Wildman–Crippen MR) is 113 cm³/mol. The lowest BCUT2D eigenvalue weighted by Crippen LogP contribution is -2.58. The van der Waals surface area contributed by atoms with Gasteiger partial charge < -0.3 is 15.4 Å². The molecule has 0 aliphatic carbocycles. The first-order valence-electron chi connectivity index (χ1n) is 7.54. The van der Waals surface area contributed by atoms with Crippen LogP contribution in [-0.2, 0) is 15.2 Å². The highest BCUT2D eigenvalue weighted by molar-refractivity contribution is 6.77. The average Bonchev–Trinajstić information content (AvgIpc) is 2.59. The number of esters is 1. The quantitative estimate of drug-likeness (QED) is 0.464. The number of hydrogen-bond donors (Lipinski definition) is 2. The van der Waals surface area contributed by atoms with E-state index in [9.17, 15) is 4.79 Å². The van der Waals surface area contributed by atoms with Gasteiger partial charge in [-0.2, -0.15) is 0 Å². The fraction of sp³-hybridized carbons (Fsp3) is 0.400. The van der Waals surface area contributed by atoms with Crippen molar-refractivity contribution in [2.24, 2.45) is 9.98 Å². The number of nitrogens with one attached hydrogen (secondary N) is 2. The highest BCUT2D eigenvalue weighted by Crippen LogP contribution is 2.49. The summed E-state index contributed by atoms with van der Waals surface area (Å²) in [6.45, 7) is 1.87. The van der Waals surface area contributed by atoms with Gasteiger partial charge in [-0.3, -0.25) is 4.79 Å². The van der Waals surface area contributed by atoms with Crippen LogP contribution >= 0.6 is 69.6 Å². The van der Waals surface area contributed by atoms with E-state index in [2.05, 4.69) is 20.6 Å². The summed E-state index contributed by atoms with van der Waals surface area (Å²) >= 11 is 36.5. The van der Waals surface area contributed by atoms with Gasteiger partial charge in [-0.15, -0.1) is 0 Å². The maximum atomic E-state index is 11.7. The Morgan fingerprint density at radius 1 is 1.22 bits per heavy atom. The van der Waals surface area contributed by atoms with Gasteiger partial charge in [0.25, 0.3) is 0 Å². The van der Waals surface area contributed by atoms with Crippen LogP contribution in [0.1, 0.15) is 12.5 Å². The Labute approximate surface area is 186 Å². The standard InChI is InChI=1S/C15H14Cl6N4O2/c1-2-27-11(26)7-22-10-6-4-3-5-9(10)13(15(19,20)21)24-8-23-12(25-13)14(16,17)18/h3-6,8,22H,2,7H2,1H3,(H,23,24,25). The number of carbonyl (C=O) groups is 1. The minimum absolute atomic E-state index is 0.0750. The van der Waals surface area contributed by atoms with Gasteiger partial charge in [0.1, 0.15) is 12.9 Å². The van der Waals surface area contributed by atoms with Crippen molar-refractivity contribution in [1.29, 1.82) is 0 Å². The number of rotatable bonds is 5. The van der Waals surface area contributed by atoms with Crippen molar-refractivity contribution in [2.45, 2.75) is 20.2 Å². The topological polar surface area (TPSA) is 75.1 Å². The first kappa shape index (κ1) is 22.7. The van der Waals surface area contributed by atoms with Crippen molar-refractivity contribution in [3.63, 3.8) is 0 Å². The fourth-order valence-corrected chi connectivity index (χ4v) is 3.20. The number of anilines is 1. The van der Waals surface area contributed by atoms with Gasteiger partial charge in [0.2, 0.25) is 13.2 Å². The number of halogens is 6. The van der Waals surface area contributed by atoms with Gasteiger partial charge in [-0.05, 0) is 13.0 Å². The van der Waals surface area contributed by atoms with Gasteiger partial charge in [0.05, 0.1) is 6.61 Å². The van der Waals surface area contributed by atoms with Crippen LogP contribution in [-0.4, -0.2) is 38.9 Å². The number of carbonyl (C=O) groups excluding carboxylic acids is 1. The molecule has 1 aliphatic rings. The Morgan fingerprint density at radius 2 is 1.89 bits per heavy atom. The van der Waals surface area contributed by atoms with E-state index in [1.807, 2.05) is 0 Å². The number of para-hydroxylation sites is 1. The first-order chi connectivity index (χ1) is 12.5. The minimum Gasteiger partial charge on any atom is -0.465 e. The monoisotopic (exact) mass is 492 g/mol. The first-order valence-corrected chi connectivity index (χ1v) is 9.80. The SMILES string of the molecule is CCOC(=O)CNc1ccccc1C1(C(Cl)(Cl)Cl)N=CN=C(C(Cl)(Cl)Cl)N1. The zero-order valence-corrected chi connectivity index (χ0v) is 18.3. The highest BCUT2D eigenvalue weighted by atomic mass is 35.6. The zero-order chi connectivity index (χ0) is 20.3. The number of nitrogens with zero attached hydrogens (tertiary/aromatic N) is 2. The van der Waals surface area contributed by atoms with Gasteiger partial charge in [-0.25, -0.2) is 9.98 Å². The van der Waals surface area contributed by atoms with E-state index in [4.69, 9.17) is 74.3 Å². The van der Waals surface area contributed by atoms with Gasteiger partial charge in [0.15, 0.2) is 5.84 Å².